The van der Waals surface area contributed by atoms with Gasteiger partial charge in [-0.15, -0.1) is 0 Å². The predicted molar refractivity (Wildman–Crippen MR) is 69.4 cm³/mol. The van der Waals surface area contributed by atoms with Crippen molar-refractivity contribution >= 4 is 11.9 Å². The highest BCUT2D eigenvalue weighted by molar-refractivity contribution is 5.72. The van der Waals surface area contributed by atoms with Gasteiger partial charge in [-0.1, -0.05) is 13.3 Å². The summed E-state index contributed by atoms with van der Waals surface area (Å²) >= 11 is 0. The molecule has 6 nitrogen and oxygen atoms in total. The molecule has 0 fully saturated rings. The summed E-state index contributed by atoms with van der Waals surface area (Å²) in [5, 5.41) is 14.7. The number of carbonyl (C=O) groups is 1. The fourth-order valence-corrected chi connectivity index (χ4v) is 1.27. The van der Waals surface area contributed by atoms with Crippen LogP contribution in [0.1, 0.15) is 32.3 Å². The zero-order valence-corrected chi connectivity index (χ0v) is 10.8. The molecule has 0 radical (unpaired) electrons. The van der Waals surface area contributed by atoms with Gasteiger partial charge in [0.05, 0.1) is 0 Å². The minimum atomic E-state index is -0.867. The number of aliphatic carboxylic acids is 1. The maximum absolute atomic E-state index is 10.6. The van der Waals surface area contributed by atoms with E-state index in [2.05, 4.69) is 27.5 Å². The van der Waals surface area contributed by atoms with Crippen molar-refractivity contribution < 1.29 is 9.90 Å². The number of nitrogens with one attached hydrogen (secondary N) is 2. The van der Waals surface area contributed by atoms with Crippen molar-refractivity contribution in [1.82, 2.24) is 15.3 Å². The minimum Gasteiger partial charge on any atom is -0.480 e. The first-order valence-electron chi connectivity index (χ1n) is 6.14. The largest absolute Gasteiger partial charge is 0.480 e. The SMILES string of the molecule is CCCCNc1ncc(CN[C@H](C)C(=O)O)cn1. The molecule has 0 unspecified atom stereocenters. The molecule has 6 heteroatoms. The molecule has 0 saturated heterocycles. The maximum Gasteiger partial charge on any atom is 0.320 e. The predicted octanol–water partition coefficient (Wildman–Crippen LogP) is 1.25. The topological polar surface area (TPSA) is 87.1 Å². The Morgan fingerprint density at radius 2 is 2.11 bits per heavy atom. The lowest BCUT2D eigenvalue weighted by atomic mass is 10.3. The van der Waals surface area contributed by atoms with Crippen LogP contribution >= 0.6 is 0 Å². The third-order valence-electron chi connectivity index (χ3n) is 2.50. The van der Waals surface area contributed by atoms with E-state index in [-0.39, 0.29) is 0 Å². The van der Waals surface area contributed by atoms with Crippen LogP contribution in [-0.2, 0) is 11.3 Å². The average Bonchev–Trinajstić information content (AvgIpc) is 2.37. The van der Waals surface area contributed by atoms with Gasteiger partial charge in [0.25, 0.3) is 0 Å². The van der Waals surface area contributed by atoms with Gasteiger partial charge in [-0.2, -0.15) is 0 Å². The summed E-state index contributed by atoms with van der Waals surface area (Å²) in [6.07, 6.45) is 5.61. The van der Waals surface area contributed by atoms with E-state index in [0.717, 1.165) is 24.9 Å². The molecule has 0 aliphatic heterocycles. The molecule has 18 heavy (non-hydrogen) atoms. The van der Waals surface area contributed by atoms with Gasteiger partial charge in [0.15, 0.2) is 0 Å². The van der Waals surface area contributed by atoms with Crippen molar-refractivity contribution in [3.05, 3.63) is 18.0 Å². The summed E-state index contributed by atoms with van der Waals surface area (Å²) in [6.45, 7) is 5.04. The van der Waals surface area contributed by atoms with Crippen LogP contribution in [0.3, 0.4) is 0 Å². The lowest BCUT2D eigenvalue weighted by Gasteiger charge is -2.09. The molecule has 0 aliphatic carbocycles. The number of carboxylic acids is 1. The normalized spacial score (nSPS) is 12.1. The van der Waals surface area contributed by atoms with Crippen LogP contribution in [0.15, 0.2) is 12.4 Å². The van der Waals surface area contributed by atoms with Gasteiger partial charge >= 0.3 is 5.97 Å². The summed E-state index contributed by atoms with van der Waals surface area (Å²) < 4.78 is 0. The maximum atomic E-state index is 10.6. The van der Waals surface area contributed by atoms with Crippen molar-refractivity contribution in [2.24, 2.45) is 0 Å². The van der Waals surface area contributed by atoms with Crippen molar-refractivity contribution in [2.45, 2.75) is 39.3 Å². The Hall–Kier alpha value is -1.69. The van der Waals surface area contributed by atoms with Crippen LogP contribution in [0.5, 0.6) is 0 Å². The fourth-order valence-electron chi connectivity index (χ4n) is 1.27. The van der Waals surface area contributed by atoms with Gasteiger partial charge in [-0.05, 0) is 13.3 Å². The van der Waals surface area contributed by atoms with Gasteiger partial charge < -0.3 is 15.7 Å². The molecular formula is C12H20N4O2. The zero-order valence-electron chi connectivity index (χ0n) is 10.8. The number of nitrogens with zero attached hydrogens (tertiary/aromatic N) is 2. The van der Waals surface area contributed by atoms with Crippen molar-refractivity contribution in [3.8, 4) is 0 Å². The van der Waals surface area contributed by atoms with E-state index in [9.17, 15) is 4.79 Å². The lowest BCUT2D eigenvalue weighted by Crippen LogP contribution is -2.33. The molecule has 0 aliphatic rings. The van der Waals surface area contributed by atoms with E-state index >= 15 is 0 Å². The summed E-state index contributed by atoms with van der Waals surface area (Å²) in [5.41, 5.74) is 0.865. The Balaban J connectivity index is 2.38. The molecule has 1 atom stereocenters. The minimum absolute atomic E-state index is 0.447. The first kappa shape index (κ1) is 14.4. The molecule has 0 saturated carbocycles. The van der Waals surface area contributed by atoms with Crippen LogP contribution in [0.2, 0.25) is 0 Å². The quantitative estimate of drug-likeness (QED) is 0.604. The Morgan fingerprint density at radius 3 is 2.67 bits per heavy atom. The highest BCUT2D eigenvalue weighted by Gasteiger charge is 2.09. The van der Waals surface area contributed by atoms with Gasteiger partial charge in [0.2, 0.25) is 5.95 Å². The molecule has 1 aromatic heterocycles. The van der Waals surface area contributed by atoms with E-state index in [1.165, 1.54) is 0 Å². The number of rotatable bonds is 8. The molecule has 0 spiro atoms. The summed E-state index contributed by atoms with van der Waals surface area (Å²) in [6, 6.07) is -0.577. The standard InChI is InChI=1S/C12H20N4O2/c1-3-4-5-13-12-15-7-10(8-16-12)6-14-9(2)11(17)18/h7-9,14H,3-6H2,1-2H3,(H,17,18)(H,13,15,16)/t9-/m1/s1. The van der Waals surface area contributed by atoms with E-state index < -0.39 is 12.0 Å². The molecule has 100 valence electrons. The van der Waals surface area contributed by atoms with Crippen molar-refractivity contribution in [3.63, 3.8) is 0 Å². The Morgan fingerprint density at radius 1 is 1.44 bits per heavy atom. The third-order valence-corrected chi connectivity index (χ3v) is 2.50. The monoisotopic (exact) mass is 252 g/mol. The zero-order chi connectivity index (χ0) is 13.4. The average molecular weight is 252 g/mol. The van der Waals surface area contributed by atoms with Crippen LogP contribution < -0.4 is 10.6 Å². The second-order valence-corrected chi connectivity index (χ2v) is 4.14. The second kappa shape index (κ2) is 7.60. The van der Waals surface area contributed by atoms with Gasteiger partial charge in [-0.25, -0.2) is 9.97 Å². The number of hydrogen-bond donors (Lipinski definition) is 3. The molecule has 1 heterocycles. The number of anilines is 1. The van der Waals surface area contributed by atoms with Gasteiger partial charge in [0.1, 0.15) is 6.04 Å². The van der Waals surface area contributed by atoms with Crippen LogP contribution in [-0.4, -0.2) is 33.6 Å². The van der Waals surface area contributed by atoms with E-state index in [0.29, 0.717) is 12.5 Å². The van der Waals surface area contributed by atoms with E-state index in [1.54, 1.807) is 19.3 Å². The molecule has 1 rings (SSSR count). The summed E-state index contributed by atoms with van der Waals surface area (Å²) in [7, 11) is 0. The van der Waals surface area contributed by atoms with Gasteiger partial charge in [-0.3, -0.25) is 4.79 Å². The van der Waals surface area contributed by atoms with E-state index in [1.807, 2.05) is 0 Å². The summed E-state index contributed by atoms with van der Waals surface area (Å²) in [4.78, 5) is 18.9. The van der Waals surface area contributed by atoms with Crippen LogP contribution in [0, 0.1) is 0 Å². The third kappa shape index (κ3) is 5.09. The molecule has 0 aromatic carbocycles. The number of carboxylic acid groups (broad SMARTS) is 1. The molecular weight excluding hydrogens is 232 g/mol. The summed E-state index contributed by atoms with van der Waals surface area (Å²) in [5.74, 6) is -0.257. The smallest absolute Gasteiger partial charge is 0.320 e. The fraction of sp³-hybridized carbons (Fsp3) is 0.583. The van der Waals surface area contributed by atoms with Crippen molar-refractivity contribution in [2.75, 3.05) is 11.9 Å². The number of aromatic nitrogens is 2. The molecule has 3 N–H and O–H groups in total. The van der Waals surface area contributed by atoms with Crippen LogP contribution in [0.25, 0.3) is 0 Å². The number of unbranched alkanes of at least 4 members (excludes halogenated alkanes) is 1. The first-order valence-corrected chi connectivity index (χ1v) is 6.14. The van der Waals surface area contributed by atoms with Crippen LogP contribution in [0.4, 0.5) is 5.95 Å². The highest BCUT2D eigenvalue weighted by atomic mass is 16.4. The van der Waals surface area contributed by atoms with Gasteiger partial charge in [0, 0.05) is 31.0 Å². The Labute approximate surface area is 107 Å². The van der Waals surface area contributed by atoms with Crippen molar-refractivity contribution in [1.29, 1.82) is 0 Å². The first-order chi connectivity index (χ1) is 8.63. The Kier molecular flexibility index (Phi) is 6.07. The molecule has 0 bridgehead atoms. The molecule has 0 amide bonds. The highest BCUT2D eigenvalue weighted by Crippen LogP contribution is 2.01. The molecule has 1 aromatic rings. The van der Waals surface area contributed by atoms with E-state index in [4.69, 9.17) is 5.11 Å². The second-order valence-electron chi connectivity index (χ2n) is 4.14. The number of hydrogen-bond acceptors (Lipinski definition) is 5. The lowest BCUT2D eigenvalue weighted by molar-refractivity contribution is -0.139. The Bertz CT molecular complexity index is 367.